The van der Waals surface area contributed by atoms with Gasteiger partial charge in [-0.25, -0.2) is 4.98 Å². The number of benzene rings is 2. The molecule has 0 bridgehead atoms. The SMILES string of the molecule is CN(C)c1ccc(NC(=O)/C(=C/CCCCC(=O)O)COc2cccc3ccccc23)cn1. The Morgan fingerprint density at radius 1 is 1.06 bits per heavy atom. The monoisotopic (exact) mass is 447 g/mol. The summed E-state index contributed by atoms with van der Waals surface area (Å²) in [6, 6.07) is 17.4. The molecule has 7 heteroatoms. The standard InChI is InChI=1S/C26H29N3O4/c1-29(2)24-16-15-21(17-27-24)28-26(32)20(10-4-3-5-14-25(30)31)18-33-23-13-8-11-19-9-6-7-12-22(19)23/h6-13,15-17H,3-5,14,18H2,1-2H3,(H,28,32)(H,30,31)/b20-10+. The number of nitrogens with zero attached hydrogens (tertiary/aromatic N) is 2. The van der Waals surface area contributed by atoms with Gasteiger partial charge in [0.2, 0.25) is 0 Å². The van der Waals surface area contributed by atoms with E-state index in [-0.39, 0.29) is 18.9 Å². The molecule has 0 spiro atoms. The van der Waals surface area contributed by atoms with Gasteiger partial charge in [-0.3, -0.25) is 9.59 Å². The zero-order valence-electron chi connectivity index (χ0n) is 19.0. The second-order valence-corrected chi connectivity index (χ2v) is 7.89. The van der Waals surface area contributed by atoms with E-state index in [1.165, 1.54) is 0 Å². The van der Waals surface area contributed by atoms with Crippen LogP contribution in [0.5, 0.6) is 5.75 Å². The number of carbonyl (C=O) groups excluding carboxylic acids is 1. The Morgan fingerprint density at radius 2 is 1.85 bits per heavy atom. The number of fused-ring (bicyclic) bond motifs is 1. The van der Waals surface area contributed by atoms with Crippen LogP contribution in [0.15, 0.2) is 72.4 Å². The number of allylic oxidation sites excluding steroid dienone is 1. The number of carboxylic acids is 1. The predicted octanol–water partition coefficient (Wildman–Crippen LogP) is 4.89. The van der Waals surface area contributed by atoms with Crippen LogP contribution in [0.4, 0.5) is 11.5 Å². The molecule has 0 aliphatic heterocycles. The Bertz CT molecular complexity index is 1120. The molecule has 1 amide bonds. The van der Waals surface area contributed by atoms with Crippen molar-refractivity contribution in [3.63, 3.8) is 0 Å². The number of hydrogen-bond donors (Lipinski definition) is 2. The molecule has 172 valence electrons. The molecule has 0 fully saturated rings. The van der Waals surface area contributed by atoms with Gasteiger partial charge in [0, 0.05) is 25.9 Å². The summed E-state index contributed by atoms with van der Waals surface area (Å²) in [5.74, 6) is 0.411. The lowest BCUT2D eigenvalue weighted by Gasteiger charge is -2.14. The lowest BCUT2D eigenvalue weighted by Crippen LogP contribution is -2.20. The Balaban J connectivity index is 1.71. The quantitative estimate of drug-likeness (QED) is 0.321. The van der Waals surface area contributed by atoms with E-state index in [1.807, 2.05) is 73.6 Å². The van der Waals surface area contributed by atoms with Crippen molar-refractivity contribution in [1.29, 1.82) is 0 Å². The summed E-state index contributed by atoms with van der Waals surface area (Å²) >= 11 is 0. The summed E-state index contributed by atoms with van der Waals surface area (Å²) in [6.07, 6.45) is 5.38. The first-order valence-corrected chi connectivity index (χ1v) is 10.9. The van der Waals surface area contributed by atoms with Crippen LogP contribution < -0.4 is 15.0 Å². The van der Waals surface area contributed by atoms with Gasteiger partial charge in [0.25, 0.3) is 5.91 Å². The maximum absolute atomic E-state index is 13.0. The fourth-order valence-electron chi connectivity index (χ4n) is 3.33. The Labute approximate surface area is 193 Å². The van der Waals surface area contributed by atoms with Crippen molar-refractivity contribution in [2.24, 2.45) is 0 Å². The van der Waals surface area contributed by atoms with E-state index in [1.54, 1.807) is 12.3 Å². The molecule has 1 aromatic heterocycles. The van der Waals surface area contributed by atoms with E-state index in [2.05, 4.69) is 10.3 Å². The number of nitrogens with one attached hydrogen (secondary N) is 1. The van der Waals surface area contributed by atoms with E-state index >= 15 is 0 Å². The smallest absolute Gasteiger partial charge is 0.303 e. The molecule has 2 aromatic carbocycles. The highest BCUT2D eigenvalue weighted by molar-refractivity contribution is 6.04. The van der Waals surface area contributed by atoms with Crippen LogP contribution in [0.2, 0.25) is 0 Å². The average molecular weight is 448 g/mol. The number of unbranched alkanes of at least 4 members (excludes halogenated alkanes) is 2. The minimum atomic E-state index is -0.815. The molecule has 0 saturated heterocycles. The van der Waals surface area contributed by atoms with E-state index in [0.29, 0.717) is 36.3 Å². The van der Waals surface area contributed by atoms with Crippen molar-refractivity contribution in [1.82, 2.24) is 4.98 Å². The number of pyridine rings is 1. The number of anilines is 2. The minimum absolute atomic E-state index is 0.0992. The van der Waals surface area contributed by atoms with Crippen molar-refractivity contribution >= 4 is 34.2 Å². The number of amides is 1. The van der Waals surface area contributed by atoms with E-state index in [9.17, 15) is 9.59 Å². The van der Waals surface area contributed by atoms with Gasteiger partial charge in [0.1, 0.15) is 18.2 Å². The van der Waals surface area contributed by atoms with Gasteiger partial charge in [-0.15, -0.1) is 0 Å². The third-order valence-electron chi connectivity index (χ3n) is 5.12. The second kappa shape index (κ2) is 11.7. The van der Waals surface area contributed by atoms with Crippen LogP contribution >= 0.6 is 0 Å². The summed E-state index contributed by atoms with van der Waals surface area (Å²) in [4.78, 5) is 29.9. The molecule has 0 radical (unpaired) electrons. The molecule has 7 nitrogen and oxygen atoms in total. The predicted molar refractivity (Wildman–Crippen MR) is 131 cm³/mol. The molecule has 0 unspecified atom stereocenters. The fourth-order valence-corrected chi connectivity index (χ4v) is 3.33. The van der Waals surface area contributed by atoms with Crippen LogP contribution in [0.3, 0.4) is 0 Å². The molecule has 0 aliphatic rings. The molecule has 0 atom stereocenters. The zero-order valence-corrected chi connectivity index (χ0v) is 19.0. The zero-order chi connectivity index (χ0) is 23.6. The van der Waals surface area contributed by atoms with Gasteiger partial charge < -0.3 is 20.1 Å². The normalized spacial score (nSPS) is 11.3. The number of carboxylic acid groups (broad SMARTS) is 1. The van der Waals surface area contributed by atoms with Crippen LogP contribution in [0.25, 0.3) is 10.8 Å². The highest BCUT2D eigenvalue weighted by Gasteiger charge is 2.13. The van der Waals surface area contributed by atoms with Crippen LogP contribution in [0, 0.1) is 0 Å². The van der Waals surface area contributed by atoms with Crippen molar-refractivity contribution in [3.8, 4) is 5.75 Å². The molecular formula is C26H29N3O4. The highest BCUT2D eigenvalue weighted by atomic mass is 16.5. The molecule has 3 aromatic rings. The van der Waals surface area contributed by atoms with Gasteiger partial charge in [-0.2, -0.15) is 0 Å². The first-order valence-electron chi connectivity index (χ1n) is 10.9. The summed E-state index contributed by atoms with van der Waals surface area (Å²) < 4.78 is 6.04. The lowest BCUT2D eigenvalue weighted by atomic mass is 10.1. The third kappa shape index (κ3) is 7.07. The number of ether oxygens (including phenoxy) is 1. The van der Waals surface area contributed by atoms with Crippen LogP contribution in [0.1, 0.15) is 25.7 Å². The van der Waals surface area contributed by atoms with Crippen molar-refractivity contribution in [2.75, 3.05) is 30.9 Å². The van der Waals surface area contributed by atoms with E-state index < -0.39 is 5.97 Å². The molecule has 0 aliphatic carbocycles. The van der Waals surface area contributed by atoms with Gasteiger partial charge >= 0.3 is 5.97 Å². The minimum Gasteiger partial charge on any atom is -0.488 e. The fraction of sp³-hybridized carbons (Fsp3) is 0.269. The molecule has 1 heterocycles. The molecule has 33 heavy (non-hydrogen) atoms. The Kier molecular flexibility index (Phi) is 8.41. The second-order valence-electron chi connectivity index (χ2n) is 7.89. The molecule has 0 saturated carbocycles. The average Bonchev–Trinajstić information content (AvgIpc) is 2.81. The third-order valence-corrected chi connectivity index (χ3v) is 5.12. The number of rotatable bonds is 11. The van der Waals surface area contributed by atoms with Crippen molar-refractivity contribution in [3.05, 3.63) is 72.4 Å². The van der Waals surface area contributed by atoms with Gasteiger partial charge in [0.15, 0.2) is 0 Å². The first kappa shape index (κ1) is 23.8. The molecule has 2 N–H and O–H groups in total. The number of aromatic nitrogens is 1. The number of aliphatic carboxylic acids is 1. The summed E-state index contributed by atoms with van der Waals surface area (Å²) in [5.41, 5.74) is 1.07. The van der Waals surface area contributed by atoms with Gasteiger partial charge in [-0.1, -0.05) is 42.5 Å². The summed E-state index contributed by atoms with van der Waals surface area (Å²) in [5, 5.41) is 13.7. The maximum atomic E-state index is 13.0. The number of hydrogen-bond acceptors (Lipinski definition) is 5. The van der Waals surface area contributed by atoms with Gasteiger partial charge in [0.05, 0.1) is 17.5 Å². The summed E-state index contributed by atoms with van der Waals surface area (Å²) in [7, 11) is 3.80. The topological polar surface area (TPSA) is 91.8 Å². The van der Waals surface area contributed by atoms with Gasteiger partial charge in [-0.05, 0) is 42.8 Å². The largest absolute Gasteiger partial charge is 0.488 e. The van der Waals surface area contributed by atoms with Crippen LogP contribution in [-0.2, 0) is 9.59 Å². The Hall–Kier alpha value is -3.87. The molecular weight excluding hydrogens is 418 g/mol. The lowest BCUT2D eigenvalue weighted by molar-refractivity contribution is -0.137. The highest BCUT2D eigenvalue weighted by Crippen LogP contribution is 2.25. The van der Waals surface area contributed by atoms with Crippen LogP contribution in [-0.4, -0.2) is 42.7 Å². The first-order chi connectivity index (χ1) is 15.9. The number of carbonyl (C=O) groups is 2. The van der Waals surface area contributed by atoms with Crippen molar-refractivity contribution in [2.45, 2.75) is 25.7 Å². The van der Waals surface area contributed by atoms with E-state index in [0.717, 1.165) is 16.6 Å². The summed E-state index contributed by atoms with van der Waals surface area (Å²) in [6.45, 7) is 0.0992. The van der Waals surface area contributed by atoms with Crippen molar-refractivity contribution < 1.29 is 19.4 Å². The Morgan fingerprint density at radius 3 is 2.58 bits per heavy atom. The maximum Gasteiger partial charge on any atom is 0.303 e. The van der Waals surface area contributed by atoms with E-state index in [4.69, 9.17) is 9.84 Å². The molecule has 3 rings (SSSR count).